The number of rotatable bonds is 40. The number of hydrogen-bond acceptors (Lipinski definition) is 24. The predicted octanol–water partition coefficient (Wildman–Crippen LogP) is 34.8. The van der Waals surface area contributed by atoms with Crippen molar-refractivity contribution in [1.82, 2.24) is 19.9 Å². The second kappa shape index (κ2) is 44.3. The van der Waals surface area contributed by atoms with Crippen LogP contribution in [0, 0.1) is 0 Å². The molecule has 0 amide bonds. The van der Waals surface area contributed by atoms with Crippen molar-refractivity contribution >= 4 is 282 Å². The van der Waals surface area contributed by atoms with Crippen molar-refractivity contribution in [2.75, 3.05) is 46.0 Å². The summed E-state index contributed by atoms with van der Waals surface area (Å²) in [6.07, 6.45) is 34.3. The summed E-state index contributed by atoms with van der Waals surface area (Å²) in [7, 11) is 0. The lowest BCUT2D eigenvalue weighted by Crippen LogP contribution is -1.99. The van der Waals surface area contributed by atoms with E-state index < -0.39 is 0 Å². The summed E-state index contributed by atoms with van der Waals surface area (Å²) < 4.78 is 24.3. The first-order chi connectivity index (χ1) is 51.2. The van der Waals surface area contributed by atoms with Crippen LogP contribution in [0.4, 0.5) is 0 Å². The maximum absolute atomic E-state index is 4.34. The third-order valence-corrected chi connectivity index (χ3v) is 53.6. The highest BCUT2D eigenvalue weighted by Crippen LogP contribution is 2.71. The number of H-pyrrole nitrogens is 4. The fraction of sp³-hybridized carbons (Fsp3) is 0.579. The summed E-state index contributed by atoms with van der Waals surface area (Å²) in [5.41, 5.74) is 10.9. The molecule has 0 saturated heterocycles. The first kappa shape index (κ1) is 85.3. The van der Waals surface area contributed by atoms with E-state index in [0.717, 1.165) is 25.7 Å². The molecule has 104 heavy (non-hydrogen) atoms. The molecule has 4 nitrogen and oxygen atoms in total. The molecule has 4 aromatic rings. The van der Waals surface area contributed by atoms with E-state index in [-0.39, 0.29) is 0 Å². The van der Waals surface area contributed by atoms with Gasteiger partial charge in [-0.25, -0.2) is 0 Å². The molecule has 13 rings (SSSR count). The fourth-order valence-corrected chi connectivity index (χ4v) is 48.3. The Bertz CT molecular complexity index is 3210. The molecule has 9 aliphatic rings. The summed E-state index contributed by atoms with van der Waals surface area (Å²) in [4.78, 5) is 29.0. The number of fused-ring (bicyclic) bond motifs is 20. The van der Waals surface area contributed by atoms with Gasteiger partial charge in [-0.15, -0.1) is 94.1 Å². The number of thioether (sulfide) groups is 24. The Kier molecular flexibility index (Phi) is 36.3. The second-order valence-corrected chi connectivity index (χ2v) is 55.7. The monoisotopic (exact) mass is 1840 g/mol. The van der Waals surface area contributed by atoms with Crippen molar-refractivity contribution in [2.45, 2.75) is 274 Å². The number of aromatic nitrogens is 4. The topological polar surface area (TPSA) is 63.2 Å². The van der Waals surface area contributed by atoms with Gasteiger partial charge in [-0.2, -0.15) is 0 Å². The van der Waals surface area contributed by atoms with Crippen molar-refractivity contribution in [3.8, 4) is 0 Å². The Morgan fingerprint density at radius 2 is 0.308 bits per heavy atom. The zero-order valence-corrected chi connectivity index (χ0v) is 80.8. The lowest BCUT2D eigenvalue weighted by Gasteiger charge is -2.09. The highest BCUT2D eigenvalue weighted by Gasteiger charge is 2.41. The van der Waals surface area contributed by atoms with Crippen molar-refractivity contribution in [3.05, 3.63) is 113 Å². The van der Waals surface area contributed by atoms with Gasteiger partial charge in [-0.05, 0) is 97.4 Å². The van der Waals surface area contributed by atoms with E-state index >= 15 is 0 Å². The number of nitrogens with one attached hydrogen (secondary N) is 4. The van der Waals surface area contributed by atoms with Gasteiger partial charge in [0.25, 0.3) is 0 Å². The number of hydrogen-bond donors (Lipinski definition) is 4. The normalized spacial score (nSPS) is 18.1. The predicted molar refractivity (Wildman–Crippen MR) is 514 cm³/mol. The molecule has 8 bridgehead atoms. The van der Waals surface area contributed by atoms with Gasteiger partial charge in [0.15, 0.2) is 0 Å². The molecule has 28 heteroatoms. The molecule has 0 saturated carbocycles. The smallest absolute Gasteiger partial charge is 0.0717 e. The Hall–Kier alpha value is 3.44. The number of aromatic amines is 4. The molecule has 0 atom stereocenters. The Labute approximate surface area is 726 Å². The van der Waals surface area contributed by atoms with Crippen molar-refractivity contribution < 1.29 is 0 Å². The minimum atomic E-state index is 0.837. The van der Waals surface area contributed by atoms with Gasteiger partial charge in [0, 0.05) is 110 Å². The molecule has 9 aliphatic heterocycles. The van der Waals surface area contributed by atoms with Crippen molar-refractivity contribution in [3.63, 3.8) is 0 Å². The molecule has 0 unspecified atom stereocenters. The minimum Gasteiger partial charge on any atom is -0.360 e. The minimum absolute atomic E-state index is 0.837. The largest absolute Gasteiger partial charge is 0.360 e. The molecular weight excluding hydrogens is 1740 g/mol. The van der Waals surface area contributed by atoms with Gasteiger partial charge in [-0.3, -0.25) is 0 Å². The van der Waals surface area contributed by atoms with E-state index in [9.17, 15) is 0 Å². The lowest BCUT2D eigenvalue weighted by molar-refractivity contribution is 0.779. The number of unbranched alkanes of at least 4 members (excludes halogenated alkanes) is 16. The van der Waals surface area contributed by atoms with E-state index in [2.05, 4.69) is 358 Å². The molecule has 568 valence electrons. The van der Waals surface area contributed by atoms with Crippen LogP contribution in [0.3, 0.4) is 0 Å². The third kappa shape index (κ3) is 22.2. The first-order valence-electron chi connectivity index (χ1n) is 38.0. The first-order valence-corrected chi connectivity index (χ1v) is 58.9. The van der Waals surface area contributed by atoms with E-state index in [1.807, 2.05) is 0 Å². The molecule has 0 fully saturated rings. The summed E-state index contributed by atoms with van der Waals surface area (Å²) in [5.74, 6) is 9.66. The SMILES string of the molecule is CCCCCSC1=C(SCCCCC)SC(=C2Sc3c4[nH]c(c3S2)Cc2[nH]c(c3c2SC(=C2SC(SCCCCC)=C(SCCCCC)S2)S3)Cc2[nH]c(c3c2SC(=C2SC(SCCCCC)=C(SCCCCC)S2)S3)Cc2[nH]c(c3c2SC(=C2SC(SCCCCC)=C(SCCCCC)S2)S3)C4)S1. The van der Waals surface area contributed by atoms with Gasteiger partial charge < -0.3 is 19.9 Å². The van der Waals surface area contributed by atoms with Gasteiger partial charge in [0.2, 0.25) is 0 Å². The molecule has 4 aromatic heterocycles. The van der Waals surface area contributed by atoms with Crippen LogP contribution in [-0.4, -0.2) is 66.0 Å². The van der Waals surface area contributed by atoms with Gasteiger partial charge >= 0.3 is 0 Å². The second-order valence-electron chi connectivity index (χ2n) is 26.3. The van der Waals surface area contributed by atoms with Crippen molar-refractivity contribution in [1.29, 1.82) is 0 Å². The zero-order valence-electron chi connectivity index (χ0n) is 61.3. The Morgan fingerprint density at radius 1 is 0.183 bits per heavy atom. The van der Waals surface area contributed by atoms with E-state index in [1.165, 1.54) is 319 Å². The molecule has 0 aromatic carbocycles. The van der Waals surface area contributed by atoms with Crippen molar-refractivity contribution in [2.24, 2.45) is 0 Å². The average Bonchev–Trinajstić information content (AvgIpc) is 1.58. The lowest BCUT2D eigenvalue weighted by atomic mass is 10.2. The molecule has 0 aliphatic carbocycles. The molecule has 4 N–H and O–H groups in total. The quantitative estimate of drug-likeness (QED) is 0.0281. The van der Waals surface area contributed by atoms with Crippen LogP contribution in [0.2, 0.25) is 0 Å². The van der Waals surface area contributed by atoms with E-state index in [4.69, 9.17) is 0 Å². The molecule has 0 radical (unpaired) electrons. The molecule has 0 spiro atoms. The summed E-state index contributed by atoms with van der Waals surface area (Å²) >= 11 is 50.5. The van der Waals surface area contributed by atoms with Gasteiger partial charge in [0.1, 0.15) is 0 Å². The van der Waals surface area contributed by atoms with Gasteiger partial charge in [0.05, 0.1) is 67.8 Å². The maximum atomic E-state index is 4.34. The third-order valence-electron chi connectivity index (χ3n) is 17.9. The highest BCUT2D eigenvalue weighted by atomic mass is 32.3. The highest BCUT2D eigenvalue weighted by molar-refractivity contribution is 8.45. The molecule has 13 heterocycles. The Morgan fingerprint density at radius 3 is 0.433 bits per heavy atom. The van der Waals surface area contributed by atoms with Crippen LogP contribution in [0.5, 0.6) is 0 Å². The van der Waals surface area contributed by atoms with Crippen LogP contribution in [0.1, 0.15) is 255 Å². The average molecular weight is 1840 g/mol. The van der Waals surface area contributed by atoms with E-state index in [1.54, 1.807) is 33.9 Å². The Balaban J connectivity index is 0.894. The maximum Gasteiger partial charge on any atom is 0.0717 e. The standard InChI is InChI=1S/C76H100N4S24/c1-9-17-25-33-81-61-62(82-34-26-18-10-2)98-73(97-61)69-89-53-45-41-47-55-57(93-70(91-55)74-99-63(83-35-27-19-11-3)64(100-74)84-36-28-20-12-4)49(78-47)43-51-59-60(96-72(95-59)76-103-67(87-39-31-23-15-7)68(104-76)88-40-32-24-16-8)52(80-51)44-50-58-56(48(79-50)42-46(77-45)54(53)90-69)92-71(94-58)75-101-65(85-37-29-21-13-5)66(102-75)86-38-30-22-14-6/h77-80H,9-44H2,1-8H3. The van der Waals surface area contributed by atoms with Gasteiger partial charge in [-0.1, -0.05) is 346 Å². The van der Waals surface area contributed by atoms with Crippen LogP contribution < -0.4 is 0 Å². The molecular formula is C76H100N4S24. The van der Waals surface area contributed by atoms with Crippen LogP contribution in [-0.2, 0) is 25.7 Å². The van der Waals surface area contributed by atoms with Crippen LogP contribution in [0.25, 0.3) is 0 Å². The summed E-state index contributed by atoms with van der Waals surface area (Å²) in [5, 5.41) is 0. The van der Waals surface area contributed by atoms with Crippen LogP contribution in [0.15, 0.2) is 107 Å². The zero-order chi connectivity index (χ0) is 71.7. The van der Waals surface area contributed by atoms with Crippen LogP contribution >= 0.6 is 282 Å². The fourth-order valence-electron chi connectivity index (χ4n) is 12.3. The van der Waals surface area contributed by atoms with E-state index in [0.29, 0.717) is 0 Å². The summed E-state index contributed by atoms with van der Waals surface area (Å²) in [6.45, 7) is 18.7. The summed E-state index contributed by atoms with van der Waals surface area (Å²) in [6, 6.07) is 0.